The molecular formula is C26H26CuF2O12S2. The van der Waals surface area contributed by atoms with Crippen LogP contribution >= 0.6 is 0 Å². The Hall–Kier alpha value is -3.92. The zero-order valence-corrected chi connectivity index (χ0v) is 25.5. The summed E-state index contributed by atoms with van der Waals surface area (Å²) in [6.07, 6.45) is 0. The number of rotatable bonds is 10. The van der Waals surface area contributed by atoms with Crippen LogP contribution in [0.2, 0.25) is 0 Å². The van der Waals surface area contributed by atoms with E-state index in [1.54, 1.807) is 0 Å². The van der Waals surface area contributed by atoms with Gasteiger partial charge in [-0.1, -0.05) is 24.3 Å². The number of aliphatic hydroxyl groups excluding tert-OH is 2. The van der Waals surface area contributed by atoms with Crippen molar-refractivity contribution < 1.29 is 80.5 Å². The molecule has 1 radical (unpaired) electrons. The minimum Gasteiger partial charge on any atom is -0.506 e. The normalized spacial score (nSPS) is 12.2. The fourth-order valence-corrected chi connectivity index (χ4v) is 4.12. The molecule has 2 aromatic carbocycles. The number of carbonyl (C=O) groups excluding carboxylic acids is 4. The van der Waals surface area contributed by atoms with Crippen molar-refractivity contribution in [1.82, 2.24) is 0 Å². The maximum atomic E-state index is 12.9. The number of ketones is 2. The first-order valence-corrected chi connectivity index (χ1v) is 14.5. The van der Waals surface area contributed by atoms with Crippen molar-refractivity contribution in [3.63, 3.8) is 0 Å². The molecule has 0 fully saturated rings. The van der Waals surface area contributed by atoms with E-state index in [4.69, 9.17) is 0 Å². The fourth-order valence-electron chi connectivity index (χ4n) is 3.10. The molecule has 2 rings (SSSR count). The summed E-state index contributed by atoms with van der Waals surface area (Å²) in [5, 5.41) is 20.0. The Labute approximate surface area is 256 Å². The topological polar surface area (TPSA) is 195 Å². The fraction of sp³-hybridized carbons (Fsp3) is 0.231. The van der Waals surface area contributed by atoms with Gasteiger partial charge in [-0.3, -0.25) is 9.59 Å². The zero-order valence-electron chi connectivity index (χ0n) is 22.9. The Kier molecular flexibility index (Phi) is 15.1. The Bertz CT molecular complexity index is 1540. The number of hydrogen-bond donors (Lipinski definition) is 2. The SMILES string of the molecule is CCOC(=O)/C(C(C)=O)=C(\O)c1cccc(S(=O)(=O)F)c1.CCOC(=O)/C(C(C)=O)=C(\O)c1cccc(S(=O)(=O)F)c1.[Cu]. The maximum absolute atomic E-state index is 12.9. The van der Waals surface area contributed by atoms with E-state index in [0.717, 1.165) is 38.1 Å². The number of hydrogen-bond acceptors (Lipinski definition) is 12. The Morgan fingerprint density at radius 2 is 0.977 bits per heavy atom. The van der Waals surface area contributed by atoms with Crippen molar-refractivity contribution in [2.45, 2.75) is 37.5 Å². The van der Waals surface area contributed by atoms with E-state index in [1.165, 1.54) is 38.1 Å². The average molecular weight is 696 g/mol. The van der Waals surface area contributed by atoms with Gasteiger partial charge in [-0.25, -0.2) is 9.59 Å². The van der Waals surface area contributed by atoms with Crippen molar-refractivity contribution in [2.24, 2.45) is 0 Å². The van der Waals surface area contributed by atoms with Crippen LogP contribution in [0.15, 0.2) is 69.5 Å². The molecule has 239 valence electrons. The van der Waals surface area contributed by atoms with E-state index in [9.17, 15) is 54.0 Å². The van der Waals surface area contributed by atoms with Gasteiger partial charge in [0, 0.05) is 28.2 Å². The van der Waals surface area contributed by atoms with Gasteiger partial charge in [0.1, 0.15) is 22.7 Å². The Balaban J connectivity index is 0.000000802. The maximum Gasteiger partial charge on any atom is 0.345 e. The molecule has 2 aromatic rings. The van der Waals surface area contributed by atoms with E-state index in [-0.39, 0.29) is 41.4 Å². The number of ether oxygens (including phenoxy) is 2. The average Bonchev–Trinajstić information content (AvgIpc) is 2.88. The van der Waals surface area contributed by atoms with Gasteiger partial charge in [0.05, 0.1) is 23.0 Å². The number of esters is 2. The second kappa shape index (κ2) is 16.6. The third kappa shape index (κ3) is 11.4. The smallest absolute Gasteiger partial charge is 0.345 e. The Morgan fingerprint density at radius 1 is 0.674 bits per heavy atom. The monoisotopic (exact) mass is 695 g/mol. The summed E-state index contributed by atoms with van der Waals surface area (Å²) in [4.78, 5) is 44.8. The third-order valence-electron chi connectivity index (χ3n) is 4.91. The van der Waals surface area contributed by atoms with Gasteiger partial charge in [0.15, 0.2) is 11.6 Å². The molecule has 2 N–H and O–H groups in total. The molecule has 0 aliphatic rings. The minimum absolute atomic E-state index is 0. The predicted molar refractivity (Wildman–Crippen MR) is 143 cm³/mol. The van der Waals surface area contributed by atoms with Crippen molar-refractivity contribution in [2.75, 3.05) is 13.2 Å². The molecule has 0 bridgehead atoms. The summed E-state index contributed by atoms with van der Waals surface area (Å²) in [5.74, 6) is -5.16. The number of aliphatic hydroxyl groups is 2. The van der Waals surface area contributed by atoms with E-state index >= 15 is 0 Å². The zero-order chi connectivity index (χ0) is 32.4. The molecule has 0 heterocycles. The van der Waals surface area contributed by atoms with E-state index in [1.807, 2.05) is 0 Å². The van der Waals surface area contributed by atoms with Gasteiger partial charge in [-0.05, 0) is 52.0 Å². The summed E-state index contributed by atoms with van der Waals surface area (Å²) in [5.41, 5.74) is -1.64. The second-order valence-corrected chi connectivity index (χ2v) is 10.6. The number of Topliss-reactive ketones (excluding diaryl/α,β-unsaturated/α-hetero) is 2. The van der Waals surface area contributed by atoms with Crippen molar-refractivity contribution in [3.05, 3.63) is 70.8 Å². The molecule has 0 atom stereocenters. The molecule has 0 aliphatic heterocycles. The van der Waals surface area contributed by atoms with Gasteiger partial charge in [0.25, 0.3) is 0 Å². The van der Waals surface area contributed by atoms with Crippen LogP contribution in [0.5, 0.6) is 0 Å². The minimum atomic E-state index is -4.97. The summed E-state index contributed by atoms with van der Waals surface area (Å²) < 4.78 is 78.4. The molecular weight excluding hydrogens is 670 g/mol. The van der Waals surface area contributed by atoms with E-state index < -0.39 is 76.4 Å². The van der Waals surface area contributed by atoms with Gasteiger partial charge < -0.3 is 19.7 Å². The summed E-state index contributed by atoms with van der Waals surface area (Å²) in [6, 6.07) is 8.37. The summed E-state index contributed by atoms with van der Waals surface area (Å²) >= 11 is 0. The van der Waals surface area contributed by atoms with E-state index in [0.29, 0.717) is 0 Å². The van der Waals surface area contributed by atoms with E-state index in [2.05, 4.69) is 9.47 Å². The number of carbonyl (C=O) groups is 4. The van der Waals surface area contributed by atoms with Crippen LogP contribution in [0.3, 0.4) is 0 Å². The first kappa shape index (κ1) is 39.1. The molecule has 0 saturated carbocycles. The van der Waals surface area contributed by atoms with Crippen LogP contribution in [0.4, 0.5) is 7.77 Å². The molecule has 0 unspecified atom stereocenters. The largest absolute Gasteiger partial charge is 0.506 e. The number of halogens is 2. The summed E-state index contributed by atoms with van der Waals surface area (Å²) in [7, 11) is -9.94. The molecule has 0 spiro atoms. The predicted octanol–water partition coefficient (Wildman–Crippen LogP) is 3.53. The summed E-state index contributed by atoms with van der Waals surface area (Å²) in [6.45, 7) is 5.09. The standard InChI is InChI=1S/2C13H13FO6S.Cu/c2*1-3-20-13(17)11(8(2)15)12(16)9-5-4-6-10(7-9)21(14,18)19;/h2*4-7,16H,3H2,1-2H3;/b2*12-11-;. The van der Waals surface area contributed by atoms with Gasteiger partial charge >= 0.3 is 32.4 Å². The van der Waals surface area contributed by atoms with Gasteiger partial charge in [-0.2, -0.15) is 16.8 Å². The molecule has 17 heteroatoms. The van der Waals surface area contributed by atoms with Crippen molar-refractivity contribution in [1.29, 1.82) is 0 Å². The second-order valence-electron chi connectivity index (χ2n) is 7.93. The van der Waals surface area contributed by atoms with Crippen LogP contribution in [-0.2, 0) is 66.2 Å². The molecule has 43 heavy (non-hydrogen) atoms. The molecule has 0 aromatic heterocycles. The third-order valence-corrected chi connectivity index (χ3v) is 6.55. The van der Waals surface area contributed by atoms with Crippen LogP contribution in [0.1, 0.15) is 38.8 Å². The van der Waals surface area contributed by atoms with Crippen LogP contribution in [0, 0.1) is 0 Å². The quantitative estimate of drug-likeness (QED) is 0.0699. The van der Waals surface area contributed by atoms with Gasteiger partial charge in [0.2, 0.25) is 0 Å². The first-order chi connectivity index (χ1) is 19.4. The van der Waals surface area contributed by atoms with Crippen molar-refractivity contribution >= 4 is 55.5 Å². The molecule has 0 amide bonds. The van der Waals surface area contributed by atoms with Crippen LogP contribution in [-0.4, -0.2) is 63.8 Å². The van der Waals surface area contributed by atoms with Crippen LogP contribution in [0.25, 0.3) is 11.5 Å². The van der Waals surface area contributed by atoms with Crippen LogP contribution < -0.4 is 0 Å². The Morgan fingerprint density at radius 3 is 1.21 bits per heavy atom. The van der Waals surface area contributed by atoms with Crippen molar-refractivity contribution in [3.8, 4) is 0 Å². The molecule has 0 saturated heterocycles. The van der Waals surface area contributed by atoms with Gasteiger partial charge in [-0.15, -0.1) is 7.77 Å². The first-order valence-electron chi connectivity index (χ1n) is 11.7. The number of benzene rings is 2. The molecule has 12 nitrogen and oxygen atoms in total. The molecule has 0 aliphatic carbocycles.